The van der Waals surface area contributed by atoms with Crippen LogP contribution in [0.25, 0.3) is 10.2 Å². The van der Waals surface area contributed by atoms with Gasteiger partial charge in [0.25, 0.3) is 5.91 Å². The minimum absolute atomic E-state index is 0.164. The number of hydrogen-bond acceptors (Lipinski definition) is 7. The molecule has 0 aliphatic carbocycles. The lowest BCUT2D eigenvalue weighted by atomic mass is 10.1. The molecular formula is C25H26F3N3O6S. The molecule has 2 heterocycles. The standard InChI is InChI=1S/C25H26F3N3O6S/c1-3-4-11-31-18-13-29-10-9-20(18)38-24(31)30-23(35)17-12-16(25(26,27)28)5-6-19(17)36-14-15(2)37-22(34)8-7-21(32)33/h5-6,9-10,12-13,15H,3-4,7-8,11,14H2,1-2H3,(H,32,33)/b30-24-/t15-/m0/s1. The molecule has 204 valence electrons. The number of carbonyl (C=O) groups is 3. The highest BCUT2D eigenvalue weighted by Crippen LogP contribution is 2.33. The fourth-order valence-corrected chi connectivity index (χ4v) is 4.44. The molecule has 0 radical (unpaired) electrons. The van der Waals surface area contributed by atoms with Gasteiger partial charge in [-0.3, -0.25) is 19.4 Å². The number of rotatable bonds is 11. The second kappa shape index (κ2) is 12.7. The van der Waals surface area contributed by atoms with Crippen LogP contribution < -0.4 is 9.54 Å². The molecule has 0 aliphatic rings. The van der Waals surface area contributed by atoms with Crippen LogP contribution in [0.1, 0.15) is 55.5 Å². The van der Waals surface area contributed by atoms with Crippen LogP contribution in [-0.2, 0) is 27.0 Å². The molecule has 13 heteroatoms. The molecule has 0 unspecified atom stereocenters. The van der Waals surface area contributed by atoms with Crippen LogP contribution in [0.5, 0.6) is 5.75 Å². The number of amides is 1. The van der Waals surface area contributed by atoms with Crippen LogP contribution in [0, 0.1) is 0 Å². The first-order valence-corrected chi connectivity index (χ1v) is 12.6. The average Bonchev–Trinajstić information content (AvgIpc) is 3.20. The first-order valence-electron chi connectivity index (χ1n) is 11.8. The molecule has 3 rings (SSSR count). The zero-order valence-electron chi connectivity index (χ0n) is 20.7. The number of aromatic nitrogens is 2. The van der Waals surface area contributed by atoms with Gasteiger partial charge in [-0.1, -0.05) is 24.7 Å². The SMILES string of the molecule is CCCCn1/c(=N/C(=O)c2cc(C(F)(F)F)ccc2OC[C@H](C)OC(=O)CCC(=O)O)sc2ccncc21. The van der Waals surface area contributed by atoms with Gasteiger partial charge in [-0.25, -0.2) is 0 Å². The minimum atomic E-state index is -4.70. The fraction of sp³-hybridized carbons (Fsp3) is 0.400. The lowest BCUT2D eigenvalue weighted by Gasteiger charge is -2.16. The first kappa shape index (κ1) is 28.8. The summed E-state index contributed by atoms with van der Waals surface area (Å²) in [6.45, 7) is 3.74. The summed E-state index contributed by atoms with van der Waals surface area (Å²) in [4.78, 5) is 44.1. The van der Waals surface area contributed by atoms with Gasteiger partial charge in [-0.05, 0) is 37.6 Å². The number of carboxylic acids is 1. The number of pyridine rings is 1. The zero-order valence-corrected chi connectivity index (χ0v) is 21.5. The maximum atomic E-state index is 13.4. The first-order chi connectivity index (χ1) is 18.0. The van der Waals surface area contributed by atoms with E-state index in [1.807, 2.05) is 6.92 Å². The number of halogens is 3. The summed E-state index contributed by atoms with van der Waals surface area (Å²) < 4.78 is 53.5. The molecule has 2 aromatic heterocycles. The van der Waals surface area contributed by atoms with Gasteiger partial charge < -0.3 is 19.1 Å². The summed E-state index contributed by atoms with van der Waals surface area (Å²) in [7, 11) is 0. The Morgan fingerprint density at radius 3 is 2.66 bits per heavy atom. The topological polar surface area (TPSA) is 120 Å². The number of unbranched alkanes of at least 4 members (excludes halogenated alkanes) is 1. The van der Waals surface area contributed by atoms with Crippen LogP contribution in [0.3, 0.4) is 0 Å². The Labute approximate surface area is 219 Å². The van der Waals surface area contributed by atoms with Gasteiger partial charge in [0.2, 0.25) is 0 Å². The van der Waals surface area contributed by atoms with Crippen LogP contribution in [0.15, 0.2) is 41.7 Å². The highest BCUT2D eigenvalue weighted by atomic mass is 32.1. The van der Waals surface area contributed by atoms with Gasteiger partial charge in [-0.2, -0.15) is 18.2 Å². The number of aliphatic carboxylic acids is 1. The minimum Gasteiger partial charge on any atom is -0.489 e. The molecular weight excluding hydrogens is 527 g/mol. The normalized spacial score (nSPS) is 12.9. The second-order valence-corrected chi connectivity index (χ2v) is 9.37. The zero-order chi connectivity index (χ0) is 27.9. The molecule has 0 saturated carbocycles. The van der Waals surface area contributed by atoms with Gasteiger partial charge in [-0.15, -0.1) is 0 Å². The van der Waals surface area contributed by atoms with Crippen molar-refractivity contribution >= 4 is 39.4 Å². The number of aryl methyl sites for hydroxylation is 1. The van der Waals surface area contributed by atoms with Crippen molar-refractivity contribution in [1.82, 2.24) is 9.55 Å². The van der Waals surface area contributed by atoms with Gasteiger partial charge in [0, 0.05) is 12.7 Å². The van der Waals surface area contributed by atoms with Gasteiger partial charge in [0.1, 0.15) is 18.5 Å². The predicted molar refractivity (Wildman–Crippen MR) is 132 cm³/mol. The number of ether oxygens (including phenoxy) is 2. The number of esters is 1. The van der Waals surface area contributed by atoms with Crippen molar-refractivity contribution in [3.8, 4) is 5.75 Å². The van der Waals surface area contributed by atoms with E-state index in [2.05, 4.69) is 9.98 Å². The number of thiazole rings is 1. The number of carbonyl (C=O) groups excluding carboxylic acids is 2. The molecule has 0 saturated heterocycles. The van der Waals surface area contributed by atoms with E-state index in [4.69, 9.17) is 14.6 Å². The maximum absolute atomic E-state index is 13.4. The number of alkyl halides is 3. The van der Waals surface area contributed by atoms with E-state index in [9.17, 15) is 27.6 Å². The molecule has 0 bridgehead atoms. The monoisotopic (exact) mass is 553 g/mol. The third-order valence-electron chi connectivity index (χ3n) is 5.30. The van der Waals surface area contributed by atoms with E-state index in [1.165, 1.54) is 18.3 Å². The third-order valence-corrected chi connectivity index (χ3v) is 6.36. The molecule has 3 aromatic rings. The number of benzene rings is 1. The van der Waals surface area contributed by atoms with Crippen molar-refractivity contribution in [1.29, 1.82) is 0 Å². The van der Waals surface area contributed by atoms with Crippen molar-refractivity contribution in [3.05, 3.63) is 52.6 Å². The highest BCUT2D eigenvalue weighted by Gasteiger charge is 2.32. The van der Waals surface area contributed by atoms with E-state index >= 15 is 0 Å². The van der Waals surface area contributed by atoms with Gasteiger partial charge in [0.05, 0.1) is 40.4 Å². The van der Waals surface area contributed by atoms with Gasteiger partial charge >= 0.3 is 18.1 Å². The number of fused-ring (bicyclic) bond motifs is 1. The van der Waals surface area contributed by atoms with Crippen LogP contribution in [0.2, 0.25) is 0 Å². The summed E-state index contributed by atoms with van der Waals surface area (Å²) >= 11 is 1.22. The third kappa shape index (κ3) is 7.63. The summed E-state index contributed by atoms with van der Waals surface area (Å²) in [6, 6.07) is 4.24. The lowest BCUT2D eigenvalue weighted by molar-refractivity contribution is -0.152. The Morgan fingerprint density at radius 2 is 1.97 bits per heavy atom. The Morgan fingerprint density at radius 1 is 1.21 bits per heavy atom. The summed E-state index contributed by atoms with van der Waals surface area (Å²) in [5, 5.41) is 8.66. The molecule has 1 amide bonds. The van der Waals surface area contributed by atoms with E-state index in [-0.39, 0.29) is 18.8 Å². The molecule has 0 fully saturated rings. The predicted octanol–water partition coefficient (Wildman–Crippen LogP) is 4.83. The molecule has 1 atom stereocenters. The highest BCUT2D eigenvalue weighted by molar-refractivity contribution is 7.16. The second-order valence-electron chi connectivity index (χ2n) is 8.36. The van der Waals surface area contributed by atoms with Crippen molar-refractivity contribution in [3.63, 3.8) is 0 Å². The largest absolute Gasteiger partial charge is 0.489 e. The van der Waals surface area contributed by atoms with Crippen molar-refractivity contribution in [2.24, 2.45) is 4.99 Å². The van der Waals surface area contributed by atoms with Crippen molar-refractivity contribution in [2.45, 2.75) is 58.4 Å². The van der Waals surface area contributed by atoms with Crippen LogP contribution >= 0.6 is 11.3 Å². The van der Waals surface area contributed by atoms with E-state index < -0.39 is 47.7 Å². The Bertz CT molecular complexity index is 1380. The van der Waals surface area contributed by atoms with Crippen molar-refractivity contribution < 1.29 is 42.1 Å². The quantitative estimate of drug-likeness (QED) is 0.338. The van der Waals surface area contributed by atoms with Crippen LogP contribution in [0.4, 0.5) is 13.2 Å². The van der Waals surface area contributed by atoms with Crippen LogP contribution in [-0.4, -0.2) is 45.2 Å². The Balaban J connectivity index is 1.92. The number of carboxylic acid groups (broad SMARTS) is 1. The molecule has 9 nitrogen and oxygen atoms in total. The summed E-state index contributed by atoms with van der Waals surface area (Å²) in [6.07, 6.45) is -1.39. The van der Waals surface area contributed by atoms with E-state index in [1.54, 1.807) is 23.0 Å². The molecule has 0 spiro atoms. The number of hydrogen-bond donors (Lipinski definition) is 1. The summed E-state index contributed by atoms with van der Waals surface area (Å²) in [5.41, 5.74) is -0.686. The summed E-state index contributed by atoms with van der Waals surface area (Å²) in [5.74, 6) is -3.02. The molecule has 1 N–H and O–H groups in total. The van der Waals surface area contributed by atoms with Gasteiger partial charge in [0.15, 0.2) is 4.80 Å². The Hall–Kier alpha value is -3.74. The Kier molecular flexibility index (Phi) is 9.61. The van der Waals surface area contributed by atoms with E-state index in [0.29, 0.717) is 17.4 Å². The maximum Gasteiger partial charge on any atom is 0.416 e. The fourth-order valence-electron chi connectivity index (χ4n) is 3.41. The number of nitrogens with zero attached hydrogens (tertiary/aromatic N) is 3. The molecule has 38 heavy (non-hydrogen) atoms. The molecule has 1 aromatic carbocycles. The lowest BCUT2D eigenvalue weighted by Crippen LogP contribution is -2.23. The van der Waals surface area contributed by atoms with Crippen molar-refractivity contribution in [2.75, 3.05) is 6.61 Å². The van der Waals surface area contributed by atoms with E-state index in [0.717, 1.165) is 35.2 Å². The smallest absolute Gasteiger partial charge is 0.416 e. The molecule has 0 aliphatic heterocycles. The average molecular weight is 554 g/mol.